The molecular formula is C16H18N2O4S. The van der Waals surface area contributed by atoms with Gasteiger partial charge in [-0.25, -0.2) is 13.2 Å². The smallest absolute Gasteiger partial charge is 0.338 e. The van der Waals surface area contributed by atoms with Gasteiger partial charge in [-0.1, -0.05) is 0 Å². The fourth-order valence-electron chi connectivity index (χ4n) is 2.11. The molecule has 6 nitrogen and oxygen atoms in total. The number of carbonyl (C=O) groups is 1. The van der Waals surface area contributed by atoms with Gasteiger partial charge < -0.3 is 4.74 Å². The summed E-state index contributed by atoms with van der Waals surface area (Å²) < 4.78 is 31.7. The number of sulfonamides is 1. The van der Waals surface area contributed by atoms with Gasteiger partial charge in [-0.2, -0.15) is 0 Å². The second kappa shape index (κ2) is 7.23. The van der Waals surface area contributed by atoms with Gasteiger partial charge in [0, 0.05) is 18.9 Å². The summed E-state index contributed by atoms with van der Waals surface area (Å²) >= 11 is 0. The zero-order chi connectivity index (χ0) is 16.9. The molecule has 0 aliphatic rings. The molecule has 0 fully saturated rings. The molecule has 2 aromatic rings. The van der Waals surface area contributed by atoms with Gasteiger partial charge in [-0.3, -0.25) is 9.29 Å². The van der Waals surface area contributed by atoms with E-state index in [1.807, 2.05) is 0 Å². The Morgan fingerprint density at radius 2 is 1.70 bits per heavy atom. The molecule has 122 valence electrons. The van der Waals surface area contributed by atoms with E-state index in [9.17, 15) is 13.2 Å². The van der Waals surface area contributed by atoms with Crippen LogP contribution >= 0.6 is 0 Å². The van der Waals surface area contributed by atoms with Crippen molar-refractivity contribution in [1.82, 2.24) is 4.98 Å². The summed E-state index contributed by atoms with van der Waals surface area (Å²) in [6.45, 7) is 4.02. The van der Waals surface area contributed by atoms with Crippen LogP contribution in [-0.4, -0.2) is 32.5 Å². The zero-order valence-electron chi connectivity index (χ0n) is 13.0. The van der Waals surface area contributed by atoms with Gasteiger partial charge in [0.2, 0.25) is 0 Å². The number of hydrogen-bond donors (Lipinski definition) is 0. The number of nitrogens with zero attached hydrogens (tertiary/aromatic N) is 2. The molecule has 0 atom stereocenters. The molecular weight excluding hydrogens is 316 g/mol. The Bertz CT molecular complexity index is 758. The zero-order valence-corrected chi connectivity index (χ0v) is 13.8. The number of pyridine rings is 1. The predicted octanol–water partition coefficient (Wildman–Crippen LogP) is 2.47. The van der Waals surface area contributed by atoms with Crippen molar-refractivity contribution in [3.63, 3.8) is 0 Å². The van der Waals surface area contributed by atoms with E-state index in [4.69, 9.17) is 4.74 Å². The summed E-state index contributed by atoms with van der Waals surface area (Å²) in [6.07, 6.45) is 3.08. The maximum Gasteiger partial charge on any atom is 0.338 e. The molecule has 0 bridgehead atoms. The lowest BCUT2D eigenvalue weighted by Gasteiger charge is -2.22. The van der Waals surface area contributed by atoms with Crippen LogP contribution in [0.25, 0.3) is 0 Å². The summed E-state index contributed by atoms with van der Waals surface area (Å²) in [5.41, 5.74) is 0.856. The van der Waals surface area contributed by atoms with Gasteiger partial charge in [0.15, 0.2) is 0 Å². The molecule has 0 N–H and O–H groups in total. The molecule has 0 aliphatic heterocycles. The van der Waals surface area contributed by atoms with Crippen molar-refractivity contribution in [3.8, 4) is 0 Å². The number of hydrogen-bond acceptors (Lipinski definition) is 5. The quantitative estimate of drug-likeness (QED) is 0.759. The molecule has 2 rings (SSSR count). The Morgan fingerprint density at radius 1 is 1.09 bits per heavy atom. The van der Waals surface area contributed by atoms with Gasteiger partial charge in [0.25, 0.3) is 10.0 Å². The minimum Gasteiger partial charge on any atom is -0.462 e. The van der Waals surface area contributed by atoms with Crippen molar-refractivity contribution < 1.29 is 17.9 Å². The van der Waals surface area contributed by atoms with E-state index in [1.54, 1.807) is 26.0 Å². The van der Waals surface area contributed by atoms with Crippen molar-refractivity contribution >= 4 is 21.7 Å². The van der Waals surface area contributed by atoms with Crippen molar-refractivity contribution in [2.24, 2.45) is 0 Å². The highest BCUT2D eigenvalue weighted by molar-refractivity contribution is 7.92. The highest BCUT2D eigenvalue weighted by atomic mass is 32.2. The lowest BCUT2D eigenvalue weighted by molar-refractivity contribution is 0.0526. The van der Waals surface area contributed by atoms with Crippen LogP contribution in [0.15, 0.2) is 53.7 Å². The first kappa shape index (κ1) is 17.0. The van der Waals surface area contributed by atoms with E-state index < -0.39 is 16.0 Å². The van der Waals surface area contributed by atoms with Gasteiger partial charge in [-0.05, 0) is 50.2 Å². The van der Waals surface area contributed by atoms with Crippen LogP contribution in [0.5, 0.6) is 0 Å². The predicted molar refractivity (Wildman–Crippen MR) is 86.8 cm³/mol. The third kappa shape index (κ3) is 3.68. The second-order valence-electron chi connectivity index (χ2n) is 4.62. The lowest BCUT2D eigenvalue weighted by atomic mass is 10.2. The average molecular weight is 334 g/mol. The van der Waals surface area contributed by atoms with Crippen LogP contribution in [0.2, 0.25) is 0 Å². The molecule has 0 aliphatic carbocycles. The van der Waals surface area contributed by atoms with Crippen LogP contribution in [0.4, 0.5) is 5.69 Å². The Labute approximate surface area is 135 Å². The largest absolute Gasteiger partial charge is 0.462 e. The summed E-state index contributed by atoms with van der Waals surface area (Å²) in [5, 5.41) is 0. The van der Waals surface area contributed by atoms with Crippen LogP contribution in [-0.2, 0) is 14.8 Å². The molecule has 1 aromatic heterocycles. The molecule has 0 unspecified atom stereocenters. The van der Waals surface area contributed by atoms with E-state index >= 15 is 0 Å². The Morgan fingerprint density at radius 3 is 2.22 bits per heavy atom. The van der Waals surface area contributed by atoms with Crippen LogP contribution < -0.4 is 4.31 Å². The molecule has 1 aromatic carbocycles. The van der Waals surface area contributed by atoms with Crippen molar-refractivity contribution in [3.05, 3.63) is 54.4 Å². The van der Waals surface area contributed by atoms with Crippen LogP contribution in [0, 0.1) is 0 Å². The number of rotatable bonds is 6. The minimum absolute atomic E-state index is 0.115. The van der Waals surface area contributed by atoms with Crippen molar-refractivity contribution in [2.45, 2.75) is 18.7 Å². The van der Waals surface area contributed by atoms with Crippen molar-refractivity contribution in [1.29, 1.82) is 0 Å². The number of ether oxygens (including phenoxy) is 1. The first-order chi connectivity index (χ1) is 11.0. The van der Waals surface area contributed by atoms with Crippen LogP contribution in [0.1, 0.15) is 24.2 Å². The lowest BCUT2D eigenvalue weighted by Crippen LogP contribution is -2.30. The first-order valence-electron chi connectivity index (χ1n) is 7.20. The van der Waals surface area contributed by atoms with E-state index in [-0.39, 0.29) is 18.0 Å². The van der Waals surface area contributed by atoms with E-state index in [2.05, 4.69) is 4.98 Å². The average Bonchev–Trinajstić information content (AvgIpc) is 2.56. The SMILES string of the molecule is CCOC(=O)c1ccc(S(=O)(=O)N(CC)c2ccncc2)cc1. The highest BCUT2D eigenvalue weighted by Gasteiger charge is 2.23. The molecule has 1 heterocycles. The Kier molecular flexibility index (Phi) is 5.33. The maximum atomic E-state index is 12.8. The summed E-state index contributed by atoms with van der Waals surface area (Å²) in [6, 6.07) is 8.98. The molecule has 0 saturated carbocycles. The normalized spacial score (nSPS) is 11.0. The standard InChI is InChI=1S/C16H18N2O4S/c1-3-18(14-9-11-17-12-10-14)23(20,21)15-7-5-13(6-8-15)16(19)22-4-2/h5-12H,3-4H2,1-2H3. The fourth-order valence-corrected chi connectivity index (χ4v) is 3.58. The molecule has 0 radical (unpaired) electrons. The molecule has 7 heteroatoms. The fraction of sp³-hybridized carbons (Fsp3) is 0.250. The number of benzene rings is 1. The van der Waals surface area contributed by atoms with Crippen molar-refractivity contribution in [2.75, 3.05) is 17.5 Å². The van der Waals surface area contributed by atoms with E-state index in [0.29, 0.717) is 11.3 Å². The van der Waals surface area contributed by atoms with Crippen LogP contribution in [0.3, 0.4) is 0 Å². The van der Waals surface area contributed by atoms with Gasteiger partial charge in [0.05, 0.1) is 22.8 Å². The van der Waals surface area contributed by atoms with E-state index in [1.165, 1.54) is 41.0 Å². The van der Waals surface area contributed by atoms with Gasteiger partial charge in [-0.15, -0.1) is 0 Å². The van der Waals surface area contributed by atoms with E-state index in [0.717, 1.165) is 0 Å². The topological polar surface area (TPSA) is 76.6 Å². The summed E-state index contributed by atoms with van der Waals surface area (Å²) in [5.74, 6) is -0.474. The monoisotopic (exact) mass is 334 g/mol. The first-order valence-corrected chi connectivity index (χ1v) is 8.64. The third-order valence-electron chi connectivity index (χ3n) is 3.19. The van der Waals surface area contributed by atoms with Gasteiger partial charge >= 0.3 is 5.97 Å². The molecule has 0 saturated heterocycles. The summed E-state index contributed by atoms with van der Waals surface area (Å²) in [7, 11) is -3.71. The third-order valence-corrected chi connectivity index (χ3v) is 5.11. The highest BCUT2D eigenvalue weighted by Crippen LogP contribution is 2.23. The summed E-state index contributed by atoms with van der Waals surface area (Å²) in [4.78, 5) is 15.6. The number of anilines is 1. The maximum absolute atomic E-state index is 12.8. The number of aromatic nitrogens is 1. The van der Waals surface area contributed by atoms with Gasteiger partial charge in [0.1, 0.15) is 0 Å². The molecule has 0 amide bonds. The molecule has 0 spiro atoms. The number of esters is 1. The molecule has 23 heavy (non-hydrogen) atoms. The second-order valence-corrected chi connectivity index (χ2v) is 6.48. The Hall–Kier alpha value is -2.41. The number of carbonyl (C=O) groups excluding carboxylic acids is 1. The Balaban J connectivity index is 2.33. The minimum atomic E-state index is -3.71.